The minimum atomic E-state index is 0.606. The summed E-state index contributed by atoms with van der Waals surface area (Å²) in [5.74, 6) is 3.03. The molecule has 0 atom stereocenters. The number of hydrogen-bond donors (Lipinski definition) is 0. The molecule has 0 radical (unpaired) electrons. The summed E-state index contributed by atoms with van der Waals surface area (Å²) in [5.41, 5.74) is 3.83. The minimum Gasteiger partial charge on any atom is -0.497 e. The fourth-order valence-electron chi connectivity index (χ4n) is 3.05. The van der Waals surface area contributed by atoms with Crippen LogP contribution < -0.4 is 18.9 Å². The highest BCUT2D eigenvalue weighted by atomic mass is 16.5. The number of hydrogen-bond acceptors (Lipinski definition) is 6. The van der Waals surface area contributed by atoms with Crippen molar-refractivity contribution in [2.45, 2.75) is 12.8 Å². The Labute approximate surface area is 165 Å². The molecule has 6 heteroatoms. The first-order valence-electron chi connectivity index (χ1n) is 8.89. The Bertz CT molecular complexity index is 867. The van der Waals surface area contributed by atoms with E-state index < -0.39 is 0 Å². The molecule has 0 aliphatic rings. The van der Waals surface area contributed by atoms with E-state index in [0.717, 1.165) is 45.5 Å². The summed E-state index contributed by atoms with van der Waals surface area (Å²) in [7, 11) is 6.57. The van der Waals surface area contributed by atoms with Gasteiger partial charge in [-0.3, -0.25) is 9.97 Å². The van der Waals surface area contributed by atoms with Gasteiger partial charge in [-0.25, -0.2) is 0 Å². The van der Waals surface area contributed by atoms with Crippen molar-refractivity contribution in [2.24, 2.45) is 0 Å². The van der Waals surface area contributed by atoms with E-state index in [1.807, 2.05) is 36.4 Å². The van der Waals surface area contributed by atoms with Gasteiger partial charge in [-0.05, 0) is 12.1 Å². The zero-order chi connectivity index (χ0) is 19.9. The van der Waals surface area contributed by atoms with E-state index >= 15 is 0 Å². The Kier molecular flexibility index (Phi) is 6.32. The fraction of sp³-hybridized carbons (Fsp3) is 0.273. The lowest BCUT2D eigenvalue weighted by Gasteiger charge is -2.14. The summed E-state index contributed by atoms with van der Waals surface area (Å²) in [4.78, 5) is 9.13. The maximum absolute atomic E-state index is 5.52. The van der Waals surface area contributed by atoms with Crippen molar-refractivity contribution in [3.05, 3.63) is 71.3 Å². The number of rotatable bonds is 8. The molecule has 2 aromatic carbocycles. The van der Waals surface area contributed by atoms with Gasteiger partial charge in [0, 0.05) is 48.5 Å². The second-order valence-electron chi connectivity index (χ2n) is 6.16. The molecular formula is C22H24N2O4. The molecule has 146 valence electrons. The van der Waals surface area contributed by atoms with Crippen molar-refractivity contribution in [1.82, 2.24) is 9.97 Å². The predicted octanol–water partition coefficient (Wildman–Crippen LogP) is 3.69. The van der Waals surface area contributed by atoms with Crippen molar-refractivity contribution >= 4 is 0 Å². The lowest BCUT2D eigenvalue weighted by atomic mass is 10.0. The molecule has 0 fully saturated rings. The highest BCUT2D eigenvalue weighted by molar-refractivity contribution is 5.45. The topological polar surface area (TPSA) is 62.7 Å². The lowest BCUT2D eigenvalue weighted by Crippen LogP contribution is -2.05. The van der Waals surface area contributed by atoms with Gasteiger partial charge in [-0.1, -0.05) is 12.1 Å². The summed E-state index contributed by atoms with van der Waals surface area (Å²) in [6.07, 6.45) is 4.63. The van der Waals surface area contributed by atoms with E-state index in [4.69, 9.17) is 18.9 Å². The molecule has 28 heavy (non-hydrogen) atoms. The number of aromatic nitrogens is 2. The zero-order valence-corrected chi connectivity index (χ0v) is 16.6. The molecule has 0 aliphatic carbocycles. The van der Waals surface area contributed by atoms with Gasteiger partial charge in [-0.2, -0.15) is 0 Å². The van der Waals surface area contributed by atoms with Gasteiger partial charge in [0.1, 0.15) is 23.0 Å². The summed E-state index contributed by atoms with van der Waals surface area (Å²) in [6.45, 7) is 0. The van der Waals surface area contributed by atoms with Crippen molar-refractivity contribution < 1.29 is 18.9 Å². The molecule has 0 spiro atoms. The van der Waals surface area contributed by atoms with Crippen molar-refractivity contribution in [1.29, 1.82) is 0 Å². The van der Waals surface area contributed by atoms with Crippen LogP contribution in [0.4, 0.5) is 0 Å². The number of benzene rings is 2. The molecule has 3 rings (SSSR count). The molecule has 0 saturated heterocycles. The van der Waals surface area contributed by atoms with Crippen LogP contribution in [0.15, 0.2) is 48.8 Å². The fourth-order valence-corrected chi connectivity index (χ4v) is 3.05. The van der Waals surface area contributed by atoms with Gasteiger partial charge >= 0.3 is 0 Å². The van der Waals surface area contributed by atoms with Crippen LogP contribution in [-0.2, 0) is 12.8 Å². The Morgan fingerprint density at radius 2 is 1.04 bits per heavy atom. The van der Waals surface area contributed by atoms with Crippen molar-refractivity contribution in [3.8, 4) is 23.0 Å². The van der Waals surface area contributed by atoms with Crippen molar-refractivity contribution in [2.75, 3.05) is 28.4 Å². The van der Waals surface area contributed by atoms with E-state index in [2.05, 4.69) is 9.97 Å². The van der Waals surface area contributed by atoms with Crippen LogP contribution in [0.1, 0.15) is 22.5 Å². The first kappa shape index (κ1) is 19.5. The summed E-state index contributed by atoms with van der Waals surface area (Å²) in [5, 5.41) is 0. The third-order valence-corrected chi connectivity index (χ3v) is 4.56. The van der Waals surface area contributed by atoms with E-state index in [9.17, 15) is 0 Å². The Morgan fingerprint density at radius 3 is 1.39 bits per heavy atom. The zero-order valence-electron chi connectivity index (χ0n) is 16.6. The molecule has 1 aromatic heterocycles. The molecule has 1 heterocycles. The SMILES string of the molecule is COc1ccc(Cc2nccnc2Cc2ccc(OC)cc2OC)c(OC)c1. The van der Waals surface area contributed by atoms with E-state index in [0.29, 0.717) is 12.8 Å². The van der Waals surface area contributed by atoms with Crippen LogP contribution in [0, 0.1) is 0 Å². The minimum absolute atomic E-state index is 0.606. The largest absolute Gasteiger partial charge is 0.497 e. The van der Waals surface area contributed by atoms with Gasteiger partial charge in [0.25, 0.3) is 0 Å². The highest BCUT2D eigenvalue weighted by Crippen LogP contribution is 2.29. The molecule has 0 unspecified atom stereocenters. The van der Waals surface area contributed by atoms with E-state index in [-0.39, 0.29) is 0 Å². The first-order chi connectivity index (χ1) is 13.7. The number of methoxy groups -OCH3 is 4. The van der Waals surface area contributed by atoms with Crippen LogP contribution >= 0.6 is 0 Å². The standard InChI is InChI=1S/C22H24N2O4/c1-25-17-7-5-15(21(13-17)27-3)11-19-20(24-10-9-23-19)12-16-6-8-18(26-2)14-22(16)28-4/h5-10,13-14H,11-12H2,1-4H3. The van der Waals surface area contributed by atoms with Gasteiger partial charge < -0.3 is 18.9 Å². The van der Waals surface area contributed by atoms with E-state index in [1.54, 1.807) is 40.8 Å². The normalized spacial score (nSPS) is 10.4. The lowest BCUT2D eigenvalue weighted by molar-refractivity contribution is 0.391. The van der Waals surface area contributed by atoms with E-state index in [1.165, 1.54) is 0 Å². The molecule has 0 amide bonds. The van der Waals surface area contributed by atoms with Crippen LogP contribution in [0.25, 0.3) is 0 Å². The maximum atomic E-state index is 5.52. The van der Waals surface area contributed by atoms with Gasteiger partial charge in [0.15, 0.2) is 0 Å². The van der Waals surface area contributed by atoms with Crippen LogP contribution in [0.2, 0.25) is 0 Å². The number of nitrogens with zero attached hydrogens (tertiary/aromatic N) is 2. The average Bonchev–Trinajstić information content (AvgIpc) is 2.75. The summed E-state index contributed by atoms with van der Waals surface area (Å²) in [6, 6.07) is 11.6. The Morgan fingerprint density at radius 1 is 0.607 bits per heavy atom. The molecular weight excluding hydrogens is 356 g/mol. The van der Waals surface area contributed by atoms with Crippen LogP contribution in [0.3, 0.4) is 0 Å². The predicted molar refractivity (Wildman–Crippen MR) is 107 cm³/mol. The first-order valence-corrected chi connectivity index (χ1v) is 8.89. The Balaban J connectivity index is 1.91. The van der Waals surface area contributed by atoms with Crippen LogP contribution in [0.5, 0.6) is 23.0 Å². The number of ether oxygens (including phenoxy) is 4. The third-order valence-electron chi connectivity index (χ3n) is 4.56. The smallest absolute Gasteiger partial charge is 0.126 e. The highest BCUT2D eigenvalue weighted by Gasteiger charge is 2.14. The molecule has 0 N–H and O–H groups in total. The molecule has 6 nitrogen and oxygen atoms in total. The third kappa shape index (κ3) is 4.34. The molecule has 0 bridgehead atoms. The Hall–Kier alpha value is -3.28. The van der Waals surface area contributed by atoms with Crippen LogP contribution in [-0.4, -0.2) is 38.4 Å². The maximum Gasteiger partial charge on any atom is 0.126 e. The molecule has 3 aromatic rings. The second kappa shape index (κ2) is 9.08. The van der Waals surface area contributed by atoms with Gasteiger partial charge in [0.2, 0.25) is 0 Å². The molecule has 0 aliphatic heterocycles. The van der Waals surface area contributed by atoms with Crippen molar-refractivity contribution in [3.63, 3.8) is 0 Å². The van der Waals surface area contributed by atoms with Gasteiger partial charge in [0.05, 0.1) is 39.8 Å². The molecule has 0 saturated carbocycles. The summed E-state index contributed by atoms with van der Waals surface area (Å²) < 4.78 is 21.6. The average molecular weight is 380 g/mol. The quantitative estimate of drug-likeness (QED) is 0.594. The second-order valence-corrected chi connectivity index (χ2v) is 6.16. The van der Waals surface area contributed by atoms with Gasteiger partial charge in [-0.15, -0.1) is 0 Å². The summed E-state index contributed by atoms with van der Waals surface area (Å²) >= 11 is 0. The monoisotopic (exact) mass is 380 g/mol.